The molecule has 0 saturated heterocycles. The fourth-order valence-electron chi connectivity index (χ4n) is 1.09. The van der Waals surface area contributed by atoms with Crippen molar-refractivity contribution in [3.05, 3.63) is 33.7 Å². The van der Waals surface area contributed by atoms with Crippen LogP contribution in [0.25, 0.3) is 10.6 Å². The fraction of sp³-hybridized carbons (Fsp3) is 0.222. The minimum absolute atomic E-state index is 0.0707. The molecule has 1 atom stereocenters. The van der Waals surface area contributed by atoms with Crippen LogP contribution in [-0.2, 0) is 0 Å². The average molecular weight is 242 g/mol. The molecule has 0 radical (unpaired) electrons. The first-order chi connectivity index (χ1) is 7.18. The van der Waals surface area contributed by atoms with Crippen LogP contribution in [-0.4, -0.2) is 15.2 Å². The maximum atomic E-state index is 11.5. The molecule has 2 heterocycles. The molecule has 0 aromatic carbocycles. The van der Waals surface area contributed by atoms with Gasteiger partial charge in [0.05, 0.1) is 10.9 Å². The zero-order valence-corrected chi connectivity index (χ0v) is 9.47. The molecular weight excluding hydrogens is 234 g/mol. The van der Waals surface area contributed by atoms with Gasteiger partial charge in [0.2, 0.25) is 0 Å². The molecule has 0 fully saturated rings. The molecule has 2 rings (SSSR count). The molecule has 0 saturated carbocycles. The Morgan fingerprint density at radius 2 is 2.33 bits per heavy atom. The molecule has 15 heavy (non-hydrogen) atoms. The van der Waals surface area contributed by atoms with Gasteiger partial charge < -0.3 is 4.98 Å². The topological polar surface area (TPSA) is 58.6 Å². The zero-order valence-electron chi connectivity index (χ0n) is 7.90. The minimum atomic E-state index is -0.181. The fourth-order valence-corrected chi connectivity index (χ4v) is 2.06. The summed E-state index contributed by atoms with van der Waals surface area (Å²) < 4.78 is 0. The molecule has 4 nitrogen and oxygen atoms in total. The lowest BCUT2D eigenvalue weighted by atomic mass is 10.3. The second-order valence-electron chi connectivity index (χ2n) is 2.98. The summed E-state index contributed by atoms with van der Waals surface area (Å²) in [6, 6.07) is 1.46. The SMILES string of the molecule is CC(Cl)c1nnc(-c2c[nH]ccc2=O)s1. The molecule has 2 aromatic heterocycles. The van der Waals surface area contributed by atoms with Crippen molar-refractivity contribution in [2.75, 3.05) is 0 Å². The van der Waals surface area contributed by atoms with Gasteiger partial charge in [-0.1, -0.05) is 11.3 Å². The third-order valence-corrected chi connectivity index (χ3v) is 3.31. The van der Waals surface area contributed by atoms with Gasteiger partial charge in [-0.25, -0.2) is 0 Å². The normalized spacial score (nSPS) is 12.7. The molecule has 1 unspecified atom stereocenters. The number of alkyl halides is 1. The van der Waals surface area contributed by atoms with E-state index in [0.29, 0.717) is 10.6 Å². The van der Waals surface area contributed by atoms with Crippen molar-refractivity contribution < 1.29 is 0 Å². The molecule has 0 spiro atoms. The van der Waals surface area contributed by atoms with Gasteiger partial charge in [-0.3, -0.25) is 4.79 Å². The van der Waals surface area contributed by atoms with Crippen LogP contribution in [0.15, 0.2) is 23.3 Å². The number of halogens is 1. The molecule has 1 N–H and O–H groups in total. The van der Waals surface area contributed by atoms with Crippen molar-refractivity contribution in [1.29, 1.82) is 0 Å². The Hall–Kier alpha value is -1.20. The number of pyridine rings is 1. The number of hydrogen-bond donors (Lipinski definition) is 1. The molecule has 0 bridgehead atoms. The Morgan fingerprint density at radius 1 is 1.53 bits per heavy atom. The lowest BCUT2D eigenvalue weighted by Crippen LogP contribution is -2.01. The lowest BCUT2D eigenvalue weighted by Gasteiger charge is -1.92. The molecule has 2 aromatic rings. The molecular formula is C9H8ClN3OS. The van der Waals surface area contributed by atoms with E-state index in [0.717, 1.165) is 5.01 Å². The number of rotatable bonds is 2. The van der Waals surface area contributed by atoms with Crippen LogP contribution < -0.4 is 5.43 Å². The third-order valence-electron chi connectivity index (χ3n) is 1.84. The van der Waals surface area contributed by atoms with E-state index in [9.17, 15) is 4.79 Å². The predicted octanol–water partition coefficient (Wildman–Crippen LogP) is 2.19. The van der Waals surface area contributed by atoms with E-state index in [1.54, 1.807) is 12.4 Å². The van der Waals surface area contributed by atoms with Crippen LogP contribution in [0, 0.1) is 0 Å². The zero-order chi connectivity index (χ0) is 10.8. The van der Waals surface area contributed by atoms with Gasteiger partial charge in [-0.05, 0) is 6.92 Å². The quantitative estimate of drug-likeness (QED) is 0.820. The second kappa shape index (κ2) is 4.12. The monoisotopic (exact) mass is 241 g/mol. The van der Waals surface area contributed by atoms with E-state index >= 15 is 0 Å². The highest BCUT2D eigenvalue weighted by Crippen LogP contribution is 2.27. The summed E-state index contributed by atoms with van der Waals surface area (Å²) in [5, 5.41) is 8.98. The highest BCUT2D eigenvalue weighted by atomic mass is 35.5. The van der Waals surface area contributed by atoms with Crippen molar-refractivity contribution in [3.63, 3.8) is 0 Å². The summed E-state index contributed by atoms with van der Waals surface area (Å²) in [6.07, 6.45) is 3.20. The molecule has 78 valence electrons. The van der Waals surface area contributed by atoms with Crippen LogP contribution in [0.3, 0.4) is 0 Å². The number of nitrogens with zero attached hydrogens (tertiary/aromatic N) is 2. The van der Waals surface area contributed by atoms with Gasteiger partial charge in [0.15, 0.2) is 10.4 Å². The Labute approximate surface area is 95.0 Å². The number of H-pyrrole nitrogens is 1. The van der Waals surface area contributed by atoms with Crippen molar-refractivity contribution in [1.82, 2.24) is 15.2 Å². The summed E-state index contributed by atoms with van der Waals surface area (Å²) in [5.74, 6) is 0. The van der Waals surface area contributed by atoms with Crippen LogP contribution >= 0.6 is 22.9 Å². The van der Waals surface area contributed by atoms with Gasteiger partial charge >= 0.3 is 0 Å². The number of hydrogen-bond acceptors (Lipinski definition) is 4. The van der Waals surface area contributed by atoms with E-state index in [2.05, 4.69) is 15.2 Å². The maximum Gasteiger partial charge on any atom is 0.191 e. The minimum Gasteiger partial charge on any atom is -0.367 e. The number of nitrogens with one attached hydrogen (secondary N) is 1. The van der Waals surface area contributed by atoms with Gasteiger partial charge in [-0.15, -0.1) is 21.8 Å². The first-order valence-corrected chi connectivity index (χ1v) is 5.58. The van der Waals surface area contributed by atoms with Crippen molar-refractivity contribution in [3.8, 4) is 10.6 Å². The van der Waals surface area contributed by atoms with E-state index in [4.69, 9.17) is 11.6 Å². The first kappa shape index (κ1) is 10.3. The Bertz CT molecular complexity index is 520. The van der Waals surface area contributed by atoms with Gasteiger partial charge in [0, 0.05) is 18.5 Å². The van der Waals surface area contributed by atoms with Crippen molar-refractivity contribution in [2.45, 2.75) is 12.3 Å². The largest absolute Gasteiger partial charge is 0.367 e. The Balaban J connectivity index is 2.47. The van der Waals surface area contributed by atoms with E-state index in [1.165, 1.54) is 17.4 Å². The smallest absolute Gasteiger partial charge is 0.191 e. The average Bonchev–Trinajstić information content (AvgIpc) is 2.67. The van der Waals surface area contributed by atoms with Crippen molar-refractivity contribution >= 4 is 22.9 Å². The molecule has 0 amide bonds. The predicted molar refractivity (Wildman–Crippen MR) is 60.2 cm³/mol. The summed E-state index contributed by atoms with van der Waals surface area (Å²) >= 11 is 7.20. The van der Waals surface area contributed by atoms with E-state index < -0.39 is 0 Å². The number of aromatic nitrogens is 3. The van der Waals surface area contributed by atoms with Crippen LogP contribution in [0.4, 0.5) is 0 Å². The van der Waals surface area contributed by atoms with Crippen LogP contribution in [0.5, 0.6) is 0 Å². The molecule has 6 heteroatoms. The van der Waals surface area contributed by atoms with Gasteiger partial charge in [0.1, 0.15) is 5.01 Å². The standard InChI is InChI=1S/C9H8ClN3OS/c1-5(10)8-12-13-9(15-8)6-4-11-3-2-7(6)14/h2-5H,1H3,(H,11,14). The third kappa shape index (κ3) is 2.08. The maximum absolute atomic E-state index is 11.5. The molecule has 0 aliphatic rings. The summed E-state index contributed by atoms with van der Waals surface area (Å²) in [7, 11) is 0. The lowest BCUT2D eigenvalue weighted by molar-refractivity contribution is 0.962. The van der Waals surface area contributed by atoms with Crippen molar-refractivity contribution in [2.24, 2.45) is 0 Å². The molecule has 0 aliphatic carbocycles. The summed E-state index contributed by atoms with van der Waals surface area (Å²) in [4.78, 5) is 14.3. The van der Waals surface area contributed by atoms with E-state index in [-0.39, 0.29) is 10.8 Å². The first-order valence-electron chi connectivity index (χ1n) is 4.33. The Morgan fingerprint density at radius 3 is 2.93 bits per heavy atom. The van der Waals surface area contributed by atoms with Crippen LogP contribution in [0.2, 0.25) is 0 Å². The highest BCUT2D eigenvalue weighted by Gasteiger charge is 2.12. The Kier molecular flexibility index (Phi) is 2.83. The van der Waals surface area contributed by atoms with Crippen LogP contribution in [0.1, 0.15) is 17.3 Å². The van der Waals surface area contributed by atoms with Gasteiger partial charge in [0.25, 0.3) is 0 Å². The summed E-state index contributed by atoms with van der Waals surface area (Å²) in [5.41, 5.74) is 0.456. The second-order valence-corrected chi connectivity index (χ2v) is 4.65. The summed E-state index contributed by atoms with van der Waals surface area (Å²) in [6.45, 7) is 1.82. The van der Waals surface area contributed by atoms with E-state index in [1.807, 2.05) is 6.92 Å². The molecule has 0 aliphatic heterocycles. The highest BCUT2D eigenvalue weighted by molar-refractivity contribution is 7.15. The van der Waals surface area contributed by atoms with Gasteiger partial charge in [-0.2, -0.15) is 0 Å². The number of aromatic amines is 1.